The average molecular weight is 378 g/mol. The number of aromatic amines is 1. The second-order valence-electron chi connectivity index (χ2n) is 6.76. The van der Waals surface area contributed by atoms with Gasteiger partial charge in [-0.25, -0.2) is 0 Å². The monoisotopic (exact) mass is 378 g/mol. The van der Waals surface area contributed by atoms with E-state index in [0.717, 1.165) is 44.7 Å². The van der Waals surface area contributed by atoms with Crippen molar-refractivity contribution in [1.29, 1.82) is 0 Å². The maximum Gasteiger partial charge on any atom is 0.197 e. The zero-order valence-electron chi connectivity index (χ0n) is 15.6. The summed E-state index contributed by atoms with van der Waals surface area (Å²) in [6.45, 7) is 0. The molecule has 0 unspecified atom stereocenters. The summed E-state index contributed by atoms with van der Waals surface area (Å²) in [5, 5.41) is 4.81. The van der Waals surface area contributed by atoms with Crippen LogP contribution in [0.1, 0.15) is 0 Å². The van der Waals surface area contributed by atoms with Crippen LogP contribution in [-0.2, 0) is 0 Å². The van der Waals surface area contributed by atoms with Crippen LogP contribution in [-0.4, -0.2) is 4.98 Å². The van der Waals surface area contributed by atoms with E-state index < -0.39 is 0 Å². The third kappa shape index (κ3) is 3.21. The zero-order valence-corrected chi connectivity index (χ0v) is 15.6. The fraction of sp³-hybridized carbons (Fsp3) is 0. The Morgan fingerprint density at radius 2 is 1.00 bits per heavy atom. The molecule has 0 aliphatic carbocycles. The molecule has 6 rings (SSSR count). The Bertz CT molecular complexity index is 1240. The third-order valence-electron chi connectivity index (χ3n) is 4.88. The van der Waals surface area contributed by atoms with Gasteiger partial charge in [0.1, 0.15) is 0 Å². The SMILES string of the molecule is O=c1c2ccccc2[nH]c2ccccc12.c1ccc2c(c1)Nc1ccccc1O2. The van der Waals surface area contributed by atoms with Gasteiger partial charge in [0.25, 0.3) is 0 Å². The molecule has 2 heterocycles. The lowest BCUT2D eigenvalue weighted by molar-refractivity contribution is 0.481. The lowest BCUT2D eigenvalue weighted by Gasteiger charge is -2.20. The van der Waals surface area contributed by atoms with Gasteiger partial charge >= 0.3 is 0 Å². The Kier molecular flexibility index (Phi) is 4.22. The first-order valence-corrected chi connectivity index (χ1v) is 9.42. The van der Waals surface area contributed by atoms with E-state index in [9.17, 15) is 4.79 Å². The number of para-hydroxylation sites is 6. The first-order chi connectivity index (χ1) is 14.3. The van der Waals surface area contributed by atoms with Gasteiger partial charge in [-0.2, -0.15) is 0 Å². The molecule has 0 bridgehead atoms. The maximum absolute atomic E-state index is 12.1. The number of hydrogen-bond acceptors (Lipinski definition) is 3. The van der Waals surface area contributed by atoms with Gasteiger partial charge < -0.3 is 15.0 Å². The summed E-state index contributed by atoms with van der Waals surface area (Å²) in [6.07, 6.45) is 0. The number of pyridine rings is 1. The van der Waals surface area contributed by atoms with Crippen molar-refractivity contribution in [2.45, 2.75) is 0 Å². The molecule has 1 aliphatic rings. The van der Waals surface area contributed by atoms with Crippen LogP contribution in [0.25, 0.3) is 21.8 Å². The van der Waals surface area contributed by atoms with Gasteiger partial charge in [0.05, 0.1) is 11.4 Å². The van der Waals surface area contributed by atoms with Crippen molar-refractivity contribution in [2.24, 2.45) is 0 Å². The largest absolute Gasteiger partial charge is 0.453 e. The number of benzene rings is 4. The highest BCUT2D eigenvalue weighted by Crippen LogP contribution is 2.40. The molecular formula is C25H18N2O2. The Balaban J connectivity index is 0.000000125. The van der Waals surface area contributed by atoms with Crippen LogP contribution in [0.2, 0.25) is 0 Å². The molecule has 0 fully saturated rings. The number of rotatable bonds is 0. The van der Waals surface area contributed by atoms with E-state index >= 15 is 0 Å². The summed E-state index contributed by atoms with van der Waals surface area (Å²) in [5.74, 6) is 1.76. The van der Waals surface area contributed by atoms with Gasteiger partial charge in [-0.1, -0.05) is 48.5 Å². The molecule has 1 aliphatic heterocycles. The highest BCUT2D eigenvalue weighted by molar-refractivity contribution is 5.92. The highest BCUT2D eigenvalue weighted by atomic mass is 16.5. The minimum atomic E-state index is 0.0972. The first-order valence-electron chi connectivity index (χ1n) is 9.42. The Labute approximate surface area is 167 Å². The van der Waals surface area contributed by atoms with Gasteiger partial charge in [-0.15, -0.1) is 0 Å². The predicted molar refractivity (Wildman–Crippen MR) is 118 cm³/mol. The molecule has 5 aromatic rings. The predicted octanol–water partition coefficient (Wildman–Crippen LogP) is 6.22. The van der Waals surface area contributed by atoms with E-state index in [4.69, 9.17) is 4.74 Å². The second kappa shape index (κ2) is 7.17. The molecule has 4 nitrogen and oxygen atoms in total. The Morgan fingerprint density at radius 1 is 0.552 bits per heavy atom. The van der Waals surface area contributed by atoms with Gasteiger partial charge in [0.15, 0.2) is 16.9 Å². The van der Waals surface area contributed by atoms with E-state index in [1.54, 1.807) is 0 Å². The topological polar surface area (TPSA) is 54.1 Å². The number of anilines is 2. The van der Waals surface area contributed by atoms with Gasteiger partial charge in [-0.3, -0.25) is 4.79 Å². The quantitative estimate of drug-likeness (QED) is 0.309. The van der Waals surface area contributed by atoms with Crippen LogP contribution in [0.4, 0.5) is 11.4 Å². The van der Waals surface area contributed by atoms with E-state index in [-0.39, 0.29) is 5.43 Å². The molecule has 2 N–H and O–H groups in total. The Hall–Kier alpha value is -4.05. The summed E-state index contributed by atoms with van der Waals surface area (Å²) in [7, 11) is 0. The smallest absolute Gasteiger partial charge is 0.197 e. The molecule has 4 aromatic carbocycles. The van der Waals surface area contributed by atoms with E-state index in [1.165, 1.54) is 0 Å². The number of aromatic nitrogens is 1. The molecule has 0 amide bonds. The van der Waals surface area contributed by atoms with Crippen molar-refractivity contribution >= 4 is 33.2 Å². The molecule has 0 spiro atoms. The van der Waals surface area contributed by atoms with Crippen molar-refractivity contribution < 1.29 is 4.74 Å². The van der Waals surface area contributed by atoms with Gasteiger partial charge in [0, 0.05) is 21.8 Å². The first kappa shape index (κ1) is 17.1. The zero-order chi connectivity index (χ0) is 19.6. The lowest BCUT2D eigenvalue weighted by Crippen LogP contribution is -2.03. The van der Waals surface area contributed by atoms with Crippen LogP contribution in [0.5, 0.6) is 11.5 Å². The van der Waals surface area contributed by atoms with Crippen molar-refractivity contribution in [2.75, 3.05) is 5.32 Å². The molecule has 0 atom stereocenters. The number of hydrogen-bond donors (Lipinski definition) is 2. The van der Waals surface area contributed by atoms with Crippen molar-refractivity contribution in [1.82, 2.24) is 4.98 Å². The minimum absolute atomic E-state index is 0.0972. The Morgan fingerprint density at radius 3 is 1.55 bits per heavy atom. The normalized spacial score (nSPS) is 11.4. The molecule has 140 valence electrons. The average Bonchev–Trinajstić information content (AvgIpc) is 2.78. The van der Waals surface area contributed by atoms with Crippen LogP contribution >= 0.6 is 0 Å². The molecule has 1 aromatic heterocycles. The summed E-state index contributed by atoms with van der Waals surface area (Å²) >= 11 is 0. The standard InChI is InChI=1S/C13H9NO.C12H9NO/c15-13-9-5-1-3-7-11(9)14-12-8-4-2-6-10(12)13;1-3-7-11-9(5-1)13-10-6-2-4-8-12(10)14-11/h1-8H,(H,14,15);1-8,13H. The van der Waals surface area contributed by atoms with Crippen LogP contribution in [0, 0.1) is 0 Å². The molecule has 29 heavy (non-hydrogen) atoms. The van der Waals surface area contributed by atoms with Crippen molar-refractivity contribution in [3.8, 4) is 11.5 Å². The van der Waals surface area contributed by atoms with E-state index in [2.05, 4.69) is 10.3 Å². The molecule has 0 saturated carbocycles. The van der Waals surface area contributed by atoms with Gasteiger partial charge in [-0.05, 0) is 48.5 Å². The number of H-pyrrole nitrogens is 1. The number of ether oxygens (including phenoxy) is 1. The highest BCUT2D eigenvalue weighted by Gasteiger charge is 2.13. The molecule has 0 saturated heterocycles. The molecule has 0 radical (unpaired) electrons. The second-order valence-corrected chi connectivity index (χ2v) is 6.76. The summed E-state index contributed by atoms with van der Waals surface area (Å²) in [6, 6.07) is 31.0. The maximum atomic E-state index is 12.1. The van der Waals surface area contributed by atoms with Crippen molar-refractivity contribution in [3.63, 3.8) is 0 Å². The fourth-order valence-corrected chi connectivity index (χ4v) is 3.45. The summed E-state index contributed by atoms with van der Waals surface area (Å²) < 4.78 is 5.71. The lowest BCUT2D eigenvalue weighted by atomic mass is 10.1. The van der Waals surface area contributed by atoms with E-state index in [1.807, 2.05) is 97.1 Å². The van der Waals surface area contributed by atoms with E-state index in [0.29, 0.717) is 0 Å². The fourth-order valence-electron chi connectivity index (χ4n) is 3.45. The molecule has 4 heteroatoms. The van der Waals surface area contributed by atoms with Crippen molar-refractivity contribution in [3.05, 3.63) is 107 Å². The number of fused-ring (bicyclic) bond motifs is 4. The van der Waals surface area contributed by atoms with Gasteiger partial charge in [0.2, 0.25) is 0 Å². The van der Waals surface area contributed by atoms with Crippen LogP contribution in [0.3, 0.4) is 0 Å². The van der Waals surface area contributed by atoms with Crippen LogP contribution in [0.15, 0.2) is 102 Å². The van der Waals surface area contributed by atoms with Crippen LogP contribution < -0.4 is 15.5 Å². The summed E-state index contributed by atoms with van der Waals surface area (Å²) in [5.41, 5.74) is 3.92. The third-order valence-corrected chi connectivity index (χ3v) is 4.88. The minimum Gasteiger partial charge on any atom is -0.453 e. The molecular weight excluding hydrogens is 360 g/mol. The number of nitrogens with one attached hydrogen (secondary N) is 2. The summed E-state index contributed by atoms with van der Waals surface area (Å²) in [4.78, 5) is 15.3.